The molecule has 0 fully saturated rings. The van der Waals surface area contributed by atoms with Crippen LogP contribution in [0.2, 0.25) is 0 Å². The van der Waals surface area contributed by atoms with Crippen LogP contribution < -0.4 is 0 Å². The van der Waals surface area contributed by atoms with E-state index in [0.29, 0.717) is 13.0 Å². The van der Waals surface area contributed by atoms with Crippen LogP contribution in [0.5, 0.6) is 0 Å². The Hall–Kier alpha value is -0.730. The van der Waals surface area contributed by atoms with E-state index in [0.717, 1.165) is 25.7 Å². The topological polar surface area (TPSA) is 99.5 Å². The van der Waals surface area contributed by atoms with Gasteiger partial charge in [-0.3, -0.25) is 14.5 Å². The van der Waals surface area contributed by atoms with Gasteiger partial charge in [0.1, 0.15) is 0 Å². The Balaban J connectivity index is 0. The van der Waals surface area contributed by atoms with Crippen molar-refractivity contribution in [2.75, 3.05) is 33.0 Å². The Morgan fingerprint density at radius 2 is 1.19 bits per heavy atom. The number of hydrogen-bond acceptors (Lipinski definition) is 6. The molecule has 0 aliphatic rings. The van der Waals surface area contributed by atoms with Gasteiger partial charge in [0.05, 0.1) is 33.0 Å². The highest BCUT2D eigenvalue weighted by Gasteiger charge is 2.04. The molecule has 0 aromatic carbocycles. The molecule has 0 heterocycles. The lowest BCUT2D eigenvalue weighted by atomic mass is 10.1. The standard InChI is InChI=1S/C12H24O2.C8H19NO4/c1-2-3-4-5-6-7-8-9-10-11-12(13)14;1-2-3-4-9(12-7-5-10)13-8-6-11/h2-11H2,1H3,(H,13,14);10-11H,2-8H2,1H3. The number of carbonyl (C=O) groups is 1. The van der Waals surface area contributed by atoms with Crippen molar-refractivity contribution in [2.24, 2.45) is 0 Å². The normalized spacial score (nSPS) is 10.7. The fraction of sp³-hybridized carbons (Fsp3) is 0.950. The van der Waals surface area contributed by atoms with E-state index in [1.807, 2.05) is 0 Å². The zero-order valence-corrected chi connectivity index (χ0v) is 17.5. The van der Waals surface area contributed by atoms with Gasteiger partial charge in [-0.1, -0.05) is 76.9 Å². The maximum Gasteiger partial charge on any atom is 0.303 e. The molecule has 0 aromatic heterocycles. The van der Waals surface area contributed by atoms with Crippen LogP contribution in [-0.4, -0.2) is 59.5 Å². The Morgan fingerprint density at radius 1 is 0.741 bits per heavy atom. The number of hydroxylamine groups is 2. The monoisotopic (exact) mass is 393 g/mol. The molecule has 0 saturated carbocycles. The number of carboxylic acid groups (broad SMARTS) is 1. The predicted octanol–water partition coefficient (Wildman–Crippen LogP) is 3.93. The Labute approximate surface area is 165 Å². The van der Waals surface area contributed by atoms with E-state index in [9.17, 15) is 4.79 Å². The van der Waals surface area contributed by atoms with Gasteiger partial charge >= 0.3 is 5.97 Å². The molecule has 164 valence electrons. The fourth-order valence-electron chi connectivity index (χ4n) is 2.33. The molecular formula is C20H43NO6. The number of aliphatic hydroxyl groups excluding tert-OH is 2. The predicted molar refractivity (Wildman–Crippen MR) is 107 cm³/mol. The van der Waals surface area contributed by atoms with Gasteiger partial charge in [0.15, 0.2) is 0 Å². The molecule has 27 heavy (non-hydrogen) atoms. The third-order valence-electron chi connectivity index (χ3n) is 3.84. The van der Waals surface area contributed by atoms with Gasteiger partial charge in [-0.2, -0.15) is 0 Å². The first-order valence-electron chi connectivity index (χ1n) is 10.6. The van der Waals surface area contributed by atoms with E-state index in [1.54, 1.807) is 0 Å². The molecule has 0 rings (SSSR count). The van der Waals surface area contributed by atoms with E-state index in [2.05, 4.69) is 13.8 Å². The minimum Gasteiger partial charge on any atom is -0.481 e. The van der Waals surface area contributed by atoms with Crippen molar-refractivity contribution in [2.45, 2.75) is 90.9 Å². The average molecular weight is 394 g/mol. The molecule has 0 saturated heterocycles. The van der Waals surface area contributed by atoms with Gasteiger partial charge in [-0.25, -0.2) is 0 Å². The summed E-state index contributed by atoms with van der Waals surface area (Å²) in [4.78, 5) is 20.3. The summed E-state index contributed by atoms with van der Waals surface area (Å²) in [6, 6.07) is 0. The van der Waals surface area contributed by atoms with Crippen LogP contribution in [-0.2, 0) is 14.5 Å². The molecule has 0 bridgehead atoms. The van der Waals surface area contributed by atoms with Gasteiger partial charge < -0.3 is 15.3 Å². The molecule has 0 aliphatic carbocycles. The Morgan fingerprint density at radius 3 is 1.59 bits per heavy atom. The van der Waals surface area contributed by atoms with Crippen molar-refractivity contribution in [3.05, 3.63) is 0 Å². The van der Waals surface area contributed by atoms with Crippen molar-refractivity contribution in [3.8, 4) is 0 Å². The SMILES string of the molecule is CCCCCCCCCCCC(=O)O.CCCCN(OCCO)OCCO. The first-order chi connectivity index (χ1) is 13.1. The molecule has 0 atom stereocenters. The van der Waals surface area contributed by atoms with Gasteiger partial charge in [0, 0.05) is 6.42 Å². The lowest BCUT2D eigenvalue weighted by Gasteiger charge is -2.19. The molecule has 0 amide bonds. The van der Waals surface area contributed by atoms with Gasteiger partial charge in [-0.15, -0.1) is 0 Å². The maximum absolute atomic E-state index is 10.2. The molecule has 0 spiro atoms. The molecule has 7 heteroatoms. The van der Waals surface area contributed by atoms with Gasteiger partial charge in [0.25, 0.3) is 0 Å². The van der Waals surface area contributed by atoms with Crippen LogP contribution in [0, 0.1) is 0 Å². The van der Waals surface area contributed by atoms with E-state index in [1.165, 1.54) is 50.2 Å². The molecular weight excluding hydrogens is 350 g/mol. The van der Waals surface area contributed by atoms with Crippen LogP contribution >= 0.6 is 0 Å². The molecule has 3 N–H and O–H groups in total. The van der Waals surface area contributed by atoms with Crippen LogP contribution in [0.15, 0.2) is 0 Å². The first-order valence-corrected chi connectivity index (χ1v) is 10.6. The van der Waals surface area contributed by atoms with Crippen molar-refractivity contribution < 1.29 is 29.8 Å². The van der Waals surface area contributed by atoms with Crippen molar-refractivity contribution >= 4 is 5.97 Å². The van der Waals surface area contributed by atoms with Crippen molar-refractivity contribution in [3.63, 3.8) is 0 Å². The number of aliphatic hydroxyl groups is 2. The Bertz CT molecular complexity index is 273. The van der Waals surface area contributed by atoms with E-state index < -0.39 is 5.97 Å². The summed E-state index contributed by atoms with van der Waals surface area (Å²) < 4.78 is 0. The van der Waals surface area contributed by atoms with E-state index in [-0.39, 0.29) is 26.4 Å². The van der Waals surface area contributed by atoms with Crippen LogP contribution in [0.25, 0.3) is 0 Å². The second-order valence-electron chi connectivity index (χ2n) is 6.50. The number of unbranched alkanes of at least 4 members (excludes halogenated alkanes) is 9. The van der Waals surface area contributed by atoms with Gasteiger partial charge in [-0.05, 0) is 12.8 Å². The first kappa shape index (κ1) is 28.5. The third kappa shape index (κ3) is 27.6. The summed E-state index contributed by atoms with van der Waals surface area (Å²) in [6.45, 7) is 5.30. The van der Waals surface area contributed by atoms with Crippen molar-refractivity contribution in [1.82, 2.24) is 5.23 Å². The number of rotatable bonds is 19. The summed E-state index contributed by atoms with van der Waals surface area (Å²) in [6.07, 6.45) is 13.5. The van der Waals surface area contributed by atoms with Crippen LogP contribution in [0.4, 0.5) is 0 Å². The smallest absolute Gasteiger partial charge is 0.303 e. The average Bonchev–Trinajstić information content (AvgIpc) is 2.66. The second kappa shape index (κ2) is 25.3. The van der Waals surface area contributed by atoms with Crippen LogP contribution in [0.1, 0.15) is 90.9 Å². The molecule has 0 radical (unpaired) electrons. The van der Waals surface area contributed by atoms with Gasteiger partial charge in [0.2, 0.25) is 0 Å². The number of carboxylic acids is 1. The minimum absolute atomic E-state index is 0.0366. The molecule has 0 unspecified atom stereocenters. The lowest BCUT2D eigenvalue weighted by molar-refractivity contribution is -0.371. The van der Waals surface area contributed by atoms with Crippen LogP contribution in [0.3, 0.4) is 0 Å². The lowest BCUT2D eigenvalue weighted by Crippen LogP contribution is -2.28. The molecule has 0 aromatic rings. The summed E-state index contributed by atoms with van der Waals surface area (Å²) >= 11 is 0. The largest absolute Gasteiger partial charge is 0.481 e. The zero-order valence-electron chi connectivity index (χ0n) is 17.5. The van der Waals surface area contributed by atoms with Crippen molar-refractivity contribution in [1.29, 1.82) is 0 Å². The highest BCUT2D eigenvalue weighted by molar-refractivity contribution is 5.66. The quantitative estimate of drug-likeness (QED) is 0.226. The summed E-state index contributed by atoms with van der Waals surface area (Å²) in [5.41, 5.74) is 0. The Kier molecular flexibility index (Phi) is 26.7. The highest BCUT2D eigenvalue weighted by atomic mass is 16.9. The summed E-state index contributed by atoms with van der Waals surface area (Å²) in [7, 11) is 0. The molecule has 7 nitrogen and oxygen atoms in total. The number of nitrogens with zero attached hydrogens (tertiary/aromatic N) is 1. The maximum atomic E-state index is 10.2. The molecule has 0 aliphatic heterocycles. The highest BCUT2D eigenvalue weighted by Crippen LogP contribution is 2.10. The second-order valence-corrected chi connectivity index (χ2v) is 6.50. The third-order valence-corrected chi connectivity index (χ3v) is 3.84. The summed E-state index contributed by atoms with van der Waals surface area (Å²) in [5, 5.41) is 26.7. The van der Waals surface area contributed by atoms with E-state index >= 15 is 0 Å². The zero-order chi connectivity index (χ0) is 20.6. The number of hydrogen-bond donors (Lipinski definition) is 3. The summed E-state index contributed by atoms with van der Waals surface area (Å²) in [5.74, 6) is -0.659. The number of aliphatic carboxylic acids is 1. The minimum atomic E-state index is -0.659. The van der Waals surface area contributed by atoms with E-state index in [4.69, 9.17) is 25.0 Å². The fourth-order valence-corrected chi connectivity index (χ4v) is 2.33.